The molecule has 1 aliphatic carbocycles. The summed E-state index contributed by atoms with van der Waals surface area (Å²) < 4.78 is 5.58. The first-order chi connectivity index (χ1) is 8.09. The minimum Gasteiger partial charge on any atom is -0.380 e. The molecule has 0 heterocycles. The van der Waals surface area contributed by atoms with Crippen LogP contribution < -0.4 is 5.32 Å². The summed E-state index contributed by atoms with van der Waals surface area (Å²) in [4.78, 5) is 0. The molecule has 1 rings (SSSR count). The van der Waals surface area contributed by atoms with Gasteiger partial charge in [-0.2, -0.15) is 0 Å². The van der Waals surface area contributed by atoms with Crippen molar-refractivity contribution in [1.29, 1.82) is 0 Å². The Labute approximate surface area is 108 Å². The van der Waals surface area contributed by atoms with Crippen LogP contribution >= 0.6 is 0 Å². The highest BCUT2D eigenvalue weighted by atomic mass is 16.5. The summed E-state index contributed by atoms with van der Waals surface area (Å²) in [5, 5.41) is 3.63. The molecule has 0 bridgehead atoms. The lowest BCUT2D eigenvalue weighted by molar-refractivity contribution is 0.107. The van der Waals surface area contributed by atoms with Crippen molar-refractivity contribution >= 4 is 0 Å². The minimum atomic E-state index is 0.650. The van der Waals surface area contributed by atoms with Crippen LogP contribution in [0.3, 0.4) is 0 Å². The summed E-state index contributed by atoms with van der Waals surface area (Å²) in [6.45, 7) is 11.9. The molecule has 0 unspecified atom stereocenters. The van der Waals surface area contributed by atoms with Gasteiger partial charge in [-0.1, -0.05) is 27.7 Å². The molecular weight excluding hydrogens is 210 g/mol. The summed E-state index contributed by atoms with van der Waals surface area (Å²) in [7, 11) is 0. The summed E-state index contributed by atoms with van der Waals surface area (Å²) in [5.41, 5.74) is 0. The third-order valence-electron chi connectivity index (χ3n) is 3.85. The number of nitrogens with one attached hydrogen (secondary N) is 1. The van der Waals surface area contributed by atoms with E-state index in [4.69, 9.17) is 4.74 Å². The van der Waals surface area contributed by atoms with E-state index in [0.717, 1.165) is 37.6 Å². The first-order valence-electron chi connectivity index (χ1n) is 7.40. The second-order valence-electron chi connectivity index (χ2n) is 6.28. The molecule has 2 heteroatoms. The smallest absolute Gasteiger partial charge is 0.0591 e. The van der Waals surface area contributed by atoms with Crippen LogP contribution in [0, 0.1) is 17.8 Å². The Balaban J connectivity index is 1.99. The van der Waals surface area contributed by atoms with Gasteiger partial charge in [0.2, 0.25) is 0 Å². The van der Waals surface area contributed by atoms with Crippen molar-refractivity contribution < 1.29 is 4.74 Å². The topological polar surface area (TPSA) is 21.3 Å². The lowest BCUT2D eigenvalue weighted by Gasteiger charge is -2.31. The maximum absolute atomic E-state index is 5.58. The van der Waals surface area contributed by atoms with Gasteiger partial charge in [0.1, 0.15) is 0 Å². The standard InChI is InChI=1S/C15H31NO/c1-12(2)11-17-10-9-16-15-7-5-14(6-8-15)13(3)4/h12-16H,5-11H2,1-4H3. The van der Waals surface area contributed by atoms with E-state index in [1.807, 2.05) is 0 Å². The molecular formula is C15H31NO. The van der Waals surface area contributed by atoms with E-state index in [2.05, 4.69) is 33.0 Å². The van der Waals surface area contributed by atoms with E-state index in [-0.39, 0.29) is 0 Å². The molecule has 0 aliphatic heterocycles. The zero-order valence-corrected chi connectivity index (χ0v) is 12.2. The fourth-order valence-corrected chi connectivity index (χ4v) is 2.64. The number of hydrogen-bond acceptors (Lipinski definition) is 2. The quantitative estimate of drug-likeness (QED) is 0.689. The Kier molecular flexibility index (Phi) is 7.14. The average molecular weight is 241 g/mol. The molecule has 1 fully saturated rings. The molecule has 0 saturated heterocycles. The van der Waals surface area contributed by atoms with Crippen LogP contribution in [0.1, 0.15) is 53.4 Å². The second-order valence-corrected chi connectivity index (χ2v) is 6.28. The molecule has 1 aliphatic rings. The maximum atomic E-state index is 5.58. The molecule has 0 atom stereocenters. The van der Waals surface area contributed by atoms with Crippen LogP contribution in [-0.2, 0) is 4.74 Å². The Hall–Kier alpha value is -0.0800. The van der Waals surface area contributed by atoms with Gasteiger partial charge < -0.3 is 10.1 Å². The van der Waals surface area contributed by atoms with Gasteiger partial charge in [0.25, 0.3) is 0 Å². The van der Waals surface area contributed by atoms with E-state index >= 15 is 0 Å². The number of ether oxygens (including phenoxy) is 1. The molecule has 0 aromatic rings. The Morgan fingerprint density at radius 3 is 2.24 bits per heavy atom. The lowest BCUT2D eigenvalue weighted by Crippen LogP contribution is -2.36. The van der Waals surface area contributed by atoms with Gasteiger partial charge in [0.15, 0.2) is 0 Å². The summed E-state index contributed by atoms with van der Waals surface area (Å²) in [5.74, 6) is 2.48. The van der Waals surface area contributed by atoms with Crippen molar-refractivity contribution in [3.8, 4) is 0 Å². The number of hydrogen-bond donors (Lipinski definition) is 1. The summed E-state index contributed by atoms with van der Waals surface area (Å²) in [6, 6.07) is 0.743. The van der Waals surface area contributed by atoms with Gasteiger partial charge in [-0.25, -0.2) is 0 Å². The SMILES string of the molecule is CC(C)COCCNC1CCC(C(C)C)CC1. The highest BCUT2D eigenvalue weighted by Crippen LogP contribution is 2.29. The fraction of sp³-hybridized carbons (Fsp3) is 1.00. The highest BCUT2D eigenvalue weighted by Gasteiger charge is 2.22. The third-order valence-corrected chi connectivity index (χ3v) is 3.85. The molecule has 0 radical (unpaired) electrons. The van der Waals surface area contributed by atoms with E-state index in [1.54, 1.807) is 0 Å². The van der Waals surface area contributed by atoms with Crippen molar-refractivity contribution in [3.05, 3.63) is 0 Å². The Bertz CT molecular complexity index is 183. The van der Waals surface area contributed by atoms with Gasteiger partial charge >= 0.3 is 0 Å². The highest BCUT2D eigenvalue weighted by molar-refractivity contribution is 4.78. The van der Waals surface area contributed by atoms with Gasteiger partial charge in [0.05, 0.1) is 6.61 Å². The molecule has 0 aromatic carbocycles. The lowest BCUT2D eigenvalue weighted by atomic mass is 9.80. The van der Waals surface area contributed by atoms with Crippen LogP contribution in [0.25, 0.3) is 0 Å². The van der Waals surface area contributed by atoms with E-state index < -0.39 is 0 Å². The van der Waals surface area contributed by atoms with Crippen LogP contribution in [-0.4, -0.2) is 25.8 Å². The normalized spacial score (nSPS) is 25.8. The molecule has 2 nitrogen and oxygen atoms in total. The van der Waals surface area contributed by atoms with Crippen LogP contribution in [0.2, 0.25) is 0 Å². The summed E-state index contributed by atoms with van der Waals surface area (Å²) >= 11 is 0. The molecule has 1 saturated carbocycles. The zero-order chi connectivity index (χ0) is 12.7. The second kappa shape index (κ2) is 8.10. The molecule has 1 N–H and O–H groups in total. The van der Waals surface area contributed by atoms with Crippen molar-refractivity contribution in [2.75, 3.05) is 19.8 Å². The van der Waals surface area contributed by atoms with Crippen molar-refractivity contribution in [1.82, 2.24) is 5.32 Å². The predicted octanol–water partition coefficient (Wildman–Crippen LogP) is 3.46. The average Bonchev–Trinajstić information content (AvgIpc) is 2.29. The predicted molar refractivity (Wildman–Crippen MR) is 74.2 cm³/mol. The van der Waals surface area contributed by atoms with E-state index in [0.29, 0.717) is 5.92 Å². The largest absolute Gasteiger partial charge is 0.380 e. The molecule has 17 heavy (non-hydrogen) atoms. The first-order valence-corrected chi connectivity index (χ1v) is 7.40. The zero-order valence-electron chi connectivity index (χ0n) is 12.2. The van der Waals surface area contributed by atoms with Crippen LogP contribution in [0.4, 0.5) is 0 Å². The molecule has 102 valence electrons. The van der Waals surface area contributed by atoms with E-state index in [1.165, 1.54) is 25.7 Å². The van der Waals surface area contributed by atoms with E-state index in [9.17, 15) is 0 Å². The van der Waals surface area contributed by atoms with Crippen LogP contribution in [0.15, 0.2) is 0 Å². The van der Waals surface area contributed by atoms with Crippen molar-refractivity contribution in [2.24, 2.45) is 17.8 Å². The fourth-order valence-electron chi connectivity index (χ4n) is 2.64. The molecule has 0 amide bonds. The van der Waals surface area contributed by atoms with Crippen molar-refractivity contribution in [3.63, 3.8) is 0 Å². The van der Waals surface area contributed by atoms with Crippen molar-refractivity contribution in [2.45, 2.75) is 59.4 Å². The maximum Gasteiger partial charge on any atom is 0.0591 e. The third kappa shape index (κ3) is 6.42. The summed E-state index contributed by atoms with van der Waals surface area (Å²) in [6.07, 6.45) is 5.52. The Morgan fingerprint density at radius 2 is 1.71 bits per heavy atom. The Morgan fingerprint density at radius 1 is 1.06 bits per heavy atom. The molecule has 0 spiro atoms. The van der Waals surface area contributed by atoms with Gasteiger partial charge in [0, 0.05) is 19.2 Å². The number of rotatable bonds is 7. The first kappa shape index (κ1) is 15.0. The van der Waals surface area contributed by atoms with Gasteiger partial charge in [-0.3, -0.25) is 0 Å². The van der Waals surface area contributed by atoms with Gasteiger partial charge in [-0.15, -0.1) is 0 Å². The molecule has 0 aromatic heterocycles. The minimum absolute atomic E-state index is 0.650. The van der Waals surface area contributed by atoms with Crippen LogP contribution in [0.5, 0.6) is 0 Å². The monoisotopic (exact) mass is 241 g/mol. The van der Waals surface area contributed by atoms with Gasteiger partial charge in [-0.05, 0) is 43.4 Å².